The highest BCUT2D eigenvalue weighted by Crippen LogP contribution is 2.35. The Morgan fingerprint density at radius 2 is 1.90 bits per heavy atom. The fourth-order valence-corrected chi connectivity index (χ4v) is 2.69. The Morgan fingerprint density at radius 1 is 1.14 bits per heavy atom. The van der Waals surface area contributed by atoms with Gasteiger partial charge >= 0.3 is 0 Å². The number of carbonyl (C=O) groups excluding carboxylic acids is 1. The minimum atomic E-state index is -0.218. The Kier molecular flexibility index (Phi) is 2.90. The number of rotatable bonds is 2. The average Bonchev–Trinajstić information content (AvgIpc) is 2.70. The number of anilines is 2. The first-order valence-electron chi connectivity index (χ1n) is 6.87. The van der Waals surface area contributed by atoms with Crippen LogP contribution >= 0.6 is 0 Å². The van der Waals surface area contributed by atoms with Crippen LogP contribution in [0.4, 0.5) is 11.4 Å². The normalized spacial score (nSPS) is 15.3. The van der Waals surface area contributed by atoms with Gasteiger partial charge in [0.2, 0.25) is 0 Å². The predicted molar refractivity (Wildman–Crippen MR) is 83.6 cm³/mol. The van der Waals surface area contributed by atoms with E-state index >= 15 is 0 Å². The molecule has 4 nitrogen and oxygen atoms in total. The number of carbonyl (C=O) groups is 1. The van der Waals surface area contributed by atoms with E-state index in [1.54, 1.807) is 24.3 Å². The second kappa shape index (κ2) is 4.52. The second-order valence-corrected chi connectivity index (χ2v) is 6.04. The van der Waals surface area contributed by atoms with Crippen molar-refractivity contribution in [2.24, 2.45) is 0 Å². The van der Waals surface area contributed by atoms with Gasteiger partial charge in [0.05, 0.1) is 0 Å². The molecule has 0 spiro atoms. The van der Waals surface area contributed by atoms with E-state index in [2.05, 4.69) is 0 Å². The summed E-state index contributed by atoms with van der Waals surface area (Å²) >= 11 is 0. The van der Waals surface area contributed by atoms with E-state index in [1.165, 1.54) is 0 Å². The largest absolute Gasteiger partial charge is 0.487 e. The molecular formula is C17H18N2O2. The SMILES string of the molecule is CC1(C)Cc2cc(C(=O)c3ccc(N)cc3N)ccc2O1. The maximum Gasteiger partial charge on any atom is 0.195 e. The van der Waals surface area contributed by atoms with E-state index in [9.17, 15) is 4.79 Å². The number of ketones is 1. The molecule has 1 heterocycles. The van der Waals surface area contributed by atoms with Crippen molar-refractivity contribution in [2.75, 3.05) is 11.5 Å². The topological polar surface area (TPSA) is 78.3 Å². The minimum Gasteiger partial charge on any atom is -0.487 e. The van der Waals surface area contributed by atoms with Gasteiger partial charge in [-0.3, -0.25) is 4.79 Å². The van der Waals surface area contributed by atoms with Crippen LogP contribution < -0.4 is 16.2 Å². The van der Waals surface area contributed by atoms with Gasteiger partial charge in [-0.05, 0) is 55.8 Å². The standard InChI is InChI=1S/C17H18N2O2/c1-17(2)9-11-7-10(3-6-15(11)21-17)16(20)13-5-4-12(18)8-14(13)19/h3-8H,9,18-19H2,1-2H3. The van der Waals surface area contributed by atoms with Crippen LogP contribution in [0.1, 0.15) is 35.3 Å². The van der Waals surface area contributed by atoms with Crippen LogP contribution in [-0.4, -0.2) is 11.4 Å². The van der Waals surface area contributed by atoms with E-state index in [4.69, 9.17) is 16.2 Å². The molecule has 0 amide bonds. The number of nitrogen functional groups attached to an aromatic ring is 2. The van der Waals surface area contributed by atoms with Crippen molar-refractivity contribution in [3.63, 3.8) is 0 Å². The molecule has 2 aromatic rings. The maximum atomic E-state index is 12.6. The predicted octanol–water partition coefficient (Wildman–Crippen LogP) is 2.80. The Balaban J connectivity index is 1.97. The fourth-order valence-electron chi connectivity index (χ4n) is 2.69. The van der Waals surface area contributed by atoms with Crippen molar-refractivity contribution in [2.45, 2.75) is 25.9 Å². The lowest BCUT2D eigenvalue weighted by atomic mass is 9.96. The lowest BCUT2D eigenvalue weighted by Gasteiger charge is -2.16. The van der Waals surface area contributed by atoms with Crippen LogP contribution in [0.25, 0.3) is 0 Å². The number of nitrogens with two attached hydrogens (primary N) is 2. The van der Waals surface area contributed by atoms with Gasteiger partial charge in [0.15, 0.2) is 5.78 Å². The molecule has 0 unspecified atom stereocenters. The van der Waals surface area contributed by atoms with E-state index in [0.29, 0.717) is 22.5 Å². The monoisotopic (exact) mass is 282 g/mol. The van der Waals surface area contributed by atoms with Gasteiger partial charge in [-0.25, -0.2) is 0 Å². The molecule has 3 rings (SSSR count). The molecule has 108 valence electrons. The van der Waals surface area contributed by atoms with Gasteiger partial charge in [0.25, 0.3) is 0 Å². The Morgan fingerprint density at radius 3 is 2.62 bits per heavy atom. The lowest BCUT2D eigenvalue weighted by Crippen LogP contribution is -2.24. The molecule has 4 heteroatoms. The summed E-state index contributed by atoms with van der Waals surface area (Å²) in [6.07, 6.45) is 0.792. The van der Waals surface area contributed by atoms with Crippen molar-refractivity contribution in [3.8, 4) is 5.75 Å². The molecule has 4 N–H and O–H groups in total. The number of hydrogen-bond acceptors (Lipinski definition) is 4. The lowest BCUT2D eigenvalue weighted by molar-refractivity contribution is 0.103. The number of benzene rings is 2. The van der Waals surface area contributed by atoms with Crippen LogP contribution in [0.2, 0.25) is 0 Å². The summed E-state index contributed by atoms with van der Waals surface area (Å²) in [5.41, 5.74) is 14.4. The molecule has 0 saturated heterocycles. The summed E-state index contributed by atoms with van der Waals surface area (Å²) in [5, 5.41) is 0. The third-order valence-corrected chi connectivity index (χ3v) is 3.65. The Hall–Kier alpha value is -2.49. The molecule has 0 fully saturated rings. The van der Waals surface area contributed by atoms with E-state index in [-0.39, 0.29) is 11.4 Å². The van der Waals surface area contributed by atoms with Crippen molar-refractivity contribution in [1.82, 2.24) is 0 Å². The van der Waals surface area contributed by atoms with E-state index in [1.807, 2.05) is 26.0 Å². The molecule has 0 aliphatic carbocycles. The first-order valence-corrected chi connectivity index (χ1v) is 6.87. The van der Waals surface area contributed by atoms with E-state index in [0.717, 1.165) is 17.7 Å². The van der Waals surface area contributed by atoms with Crippen LogP contribution in [0.5, 0.6) is 5.75 Å². The van der Waals surface area contributed by atoms with Crippen LogP contribution in [0.15, 0.2) is 36.4 Å². The fraction of sp³-hybridized carbons (Fsp3) is 0.235. The quantitative estimate of drug-likeness (QED) is 0.656. The van der Waals surface area contributed by atoms with Crippen LogP contribution in [-0.2, 0) is 6.42 Å². The highest BCUT2D eigenvalue weighted by molar-refractivity contribution is 6.12. The average molecular weight is 282 g/mol. The van der Waals surface area contributed by atoms with Gasteiger partial charge in [-0.15, -0.1) is 0 Å². The van der Waals surface area contributed by atoms with Gasteiger partial charge in [-0.2, -0.15) is 0 Å². The molecule has 1 aliphatic rings. The Labute approximate surface area is 123 Å². The smallest absolute Gasteiger partial charge is 0.195 e. The van der Waals surface area contributed by atoms with Gasteiger partial charge in [-0.1, -0.05) is 0 Å². The molecule has 1 aliphatic heterocycles. The second-order valence-electron chi connectivity index (χ2n) is 6.04. The van der Waals surface area contributed by atoms with Crippen molar-refractivity contribution < 1.29 is 9.53 Å². The summed E-state index contributed by atoms with van der Waals surface area (Å²) in [5.74, 6) is 0.752. The highest BCUT2D eigenvalue weighted by atomic mass is 16.5. The number of hydrogen-bond donors (Lipinski definition) is 2. The molecule has 0 atom stereocenters. The zero-order valence-electron chi connectivity index (χ0n) is 12.1. The van der Waals surface area contributed by atoms with E-state index < -0.39 is 0 Å². The van der Waals surface area contributed by atoms with Gasteiger partial charge in [0.1, 0.15) is 11.4 Å². The summed E-state index contributed by atoms with van der Waals surface area (Å²) in [6, 6.07) is 10.5. The molecule has 0 bridgehead atoms. The molecule has 21 heavy (non-hydrogen) atoms. The highest BCUT2D eigenvalue weighted by Gasteiger charge is 2.30. The third kappa shape index (κ3) is 2.44. The molecule has 0 radical (unpaired) electrons. The van der Waals surface area contributed by atoms with Gasteiger partial charge < -0.3 is 16.2 Å². The minimum absolute atomic E-state index is 0.0972. The summed E-state index contributed by atoms with van der Waals surface area (Å²) in [4.78, 5) is 12.6. The van der Waals surface area contributed by atoms with Gasteiger partial charge in [0, 0.05) is 28.9 Å². The number of ether oxygens (including phenoxy) is 1. The summed E-state index contributed by atoms with van der Waals surface area (Å²) < 4.78 is 5.82. The zero-order chi connectivity index (χ0) is 15.2. The molecule has 0 saturated carbocycles. The maximum absolute atomic E-state index is 12.6. The van der Waals surface area contributed by atoms with Crippen LogP contribution in [0.3, 0.4) is 0 Å². The number of fused-ring (bicyclic) bond motifs is 1. The van der Waals surface area contributed by atoms with Crippen molar-refractivity contribution >= 4 is 17.2 Å². The molecule has 0 aromatic heterocycles. The molecular weight excluding hydrogens is 264 g/mol. The van der Waals surface area contributed by atoms with Crippen molar-refractivity contribution in [3.05, 3.63) is 53.1 Å². The van der Waals surface area contributed by atoms with Crippen molar-refractivity contribution in [1.29, 1.82) is 0 Å². The first-order chi connectivity index (χ1) is 9.85. The Bertz CT molecular complexity index is 736. The third-order valence-electron chi connectivity index (χ3n) is 3.65. The van der Waals surface area contributed by atoms with Crippen LogP contribution in [0, 0.1) is 0 Å². The first kappa shape index (κ1) is 13.5. The summed E-state index contributed by atoms with van der Waals surface area (Å²) in [6.45, 7) is 4.07. The molecule has 2 aromatic carbocycles. The zero-order valence-corrected chi connectivity index (χ0v) is 12.1. The summed E-state index contributed by atoms with van der Waals surface area (Å²) in [7, 11) is 0.